The van der Waals surface area contributed by atoms with Gasteiger partial charge in [-0.2, -0.15) is 5.10 Å². The zero-order chi connectivity index (χ0) is 27.8. The summed E-state index contributed by atoms with van der Waals surface area (Å²) in [5.74, 6) is -5.13. The van der Waals surface area contributed by atoms with Gasteiger partial charge >= 0.3 is 0 Å². The van der Waals surface area contributed by atoms with E-state index in [9.17, 15) is 22.4 Å². The van der Waals surface area contributed by atoms with Crippen molar-refractivity contribution in [3.05, 3.63) is 100 Å². The van der Waals surface area contributed by atoms with Gasteiger partial charge in [-0.1, -0.05) is 29.8 Å². The van der Waals surface area contributed by atoms with E-state index < -0.39 is 29.2 Å². The minimum atomic E-state index is -1.57. The van der Waals surface area contributed by atoms with Gasteiger partial charge in [-0.3, -0.25) is 14.2 Å². The highest BCUT2D eigenvalue weighted by molar-refractivity contribution is 7.95. The number of aromatic amines is 1. The van der Waals surface area contributed by atoms with Gasteiger partial charge in [0.2, 0.25) is 0 Å². The van der Waals surface area contributed by atoms with Gasteiger partial charge in [-0.15, -0.1) is 0 Å². The minimum Gasteiger partial charge on any atom is -0.350 e. The normalized spacial score (nSPS) is 11.5. The third-order valence-corrected chi connectivity index (χ3v) is 6.79. The number of halogens is 5. The van der Waals surface area contributed by atoms with Crippen LogP contribution in [0.2, 0.25) is 5.02 Å². The van der Waals surface area contributed by atoms with Crippen LogP contribution < -0.4 is 4.72 Å². The monoisotopic (exact) mass is 573 g/mol. The molecule has 3 aromatic carbocycles. The predicted octanol–water partition coefficient (Wildman–Crippen LogP) is 6.81. The number of nitrogens with zero attached hydrogens (tertiary/aromatic N) is 3. The molecule has 2 aromatic heterocycles. The molecule has 0 fully saturated rings. The average Bonchev–Trinajstić information content (AvgIpc) is 3.46. The van der Waals surface area contributed by atoms with E-state index in [0.717, 1.165) is 24.3 Å². The lowest BCUT2D eigenvalue weighted by Gasteiger charge is -2.14. The van der Waals surface area contributed by atoms with Gasteiger partial charge < -0.3 is 4.98 Å². The second-order valence-electron chi connectivity index (χ2n) is 8.84. The van der Waals surface area contributed by atoms with Crippen LogP contribution in [0.5, 0.6) is 0 Å². The highest BCUT2D eigenvalue weighted by Crippen LogP contribution is 2.40. The topological polar surface area (TPSA) is 66.0 Å². The molecule has 0 atom stereocenters. The number of carbonyl (C=O) groups is 1. The number of nitrogens with one attached hydrogen (secondary N) is 2. The maximum atomic E-state index is 14.0. The molecule has 5 rings (SSSR count). The van der Waals surface area contributed by atoms with Crippen LogP contribution in [0, 0.1) is 23.3 Å². The Balaban J connectivity index is 1.76. The molecule has 0 spiro atoms. The highest BCUT2D eigenvalue weighted by atomic mass is 35.5. The van der Waals surface area contributed by atoms with E-state index >= 15 is 0 Å². The first-order valence-electron chi connectivity index (χ1n) is 11.5. The van der Waals surface area contributed by atoms with Gasteiger partial charge in [-0.25, -0.2) is 21.9 Å². The molecule has 0 saturated heterocycles. The number of fused-ring (bicyclic) bond motifs is 1. The van der Waals surface area contributed by atoms with E-state index in [4.69, 9.17) is 11.6 Å². The van der Waals surface area contributed by atoms with Crippen molar-refractivity contribution in [1.82, 2.24) is 23.8 Å². The lowest BCUT2D eigenvalue weighted by molar-refractivity contribution is 0.0980. The summed E-state index contributed by atoms with van der Waals surface area (Å²) in [5.41, 5.74) is 2.84. The van der Waals surface area contributed by atoms with Crippen LogP contribution in [0.3, 0.4) is 0 Å². The standard InChI is InChI=1S/C27H20ClF4N5OS/c1-36(2)39-35-27(38)25-23(18-8-5-16(28)11-22(18)34-25)26-19(15-3-6-17(29)7-4-15)12-33-37(26)13-14-9-20(30)24(32)21(31)10-14/h3-12,34H,13H2,1-2H3,(H,35,38). The number of amides is 1. The van der Waals surface area contributed by atoms with Crippen molar-refractivity contribution in [1.29, 1.82) is 0 Å². The molecule has 5 aromatic rings. The summed E-state index contributed by atoms with van der Waals surface area (Å²) in [6.07, 6.45) is 1.52. The van der Waals surface area contributed by atoms with Gasteiger partial charge in [-0.05, 0) is 61.6 Å². The second-order valence-corrected chi connectivity index (χ2v) is 10.4. The van der Waals surface area contributed by atoms with Crippen LogP contribution in [-0.2, 0) is 6.54 Å². The molecule has 0 bridgehead atoms. The predicted molar refractivity (Wildman–Crippen MR) is 144 cm³/mol. The molecule has 0 aliphatic heterocycles. The third kappa shape index (κ3) is 5.38. The van der Waals surface area contributed by atoms with E-state index in [1.54, 1.807) is 48.7 Å². The SMILES string of the molecule is CN(C)SNC(=O)c1[nH]c2cc(Cl)ccc2c1-c1c(-c2ccc(F)cc2)cnn1Cc1cc(F)c(F)c(F)c1. The fourth-order valence-corrected chi connectivity index (χ4v) is 4.79. The molecule has 200 valence electrons. The Bertz CT molecular complexity index is 1680. The molecular weight excluding hydrogens is 554 g/mol. The maximum absolute atomic E-state index is 14.0. The van der Waals surface area contributed by atoms with Gasteiger partial charge in [0.25, 0.3) is 5.91 Å². The van der Waals surface area contributed by atoms with Crippen molar-refractivity contribution in [2.45, 2.75) is 6.54 Å². The fourth-order valence-electron chi connectivity index (χ4n) is 4.25. The van der Waals surface area contributed by atoms with E-state index in [-0.39, 0.29) is 17.8 Å². The molecule has 0 unspecified atom stereocenters. The summed E-state index contributed by atoms with van der Waals surface area (Å²) >= 11 is 7.30. The van der Waals surface area contributed by atoms with Crippen LogP contribution >= 0.6 is 23.7 Å². The molecule has 0 aliphatic carbocycles. The summed E-state index contributed by atoms with van der Waals surface area (Å²) in [6.45, 7) is -0.154. The summed E-state index contributed by atoms with van der Waals surface area (Å²) in [7, 11) is 3.53. The summed E-state index contributed by atoms with van der Waals surface area (Å²) in [6, 6.07) is 12.5. The van der Waals surface area contributed by atoms with Crippen molar-refractivity contribution in [2.75, 3.05) is 14.1 Å². The zero-order valence-electron chi connectivity index (χ0n) is 20.5. The Morgan fingerprint density at radius 2 is 1.74 bits per heavy atom. The number of carbonyl (C=O) groups excluding carboxylic acids is 1. The Labute approximate surface area is 229 Å². The second kappa shape index (κ2) is 10.8. The number of hydrogen-bond donors (Lipinski definition) is 2. The Hall–Kier alpha value is -3.80. The Morgan fingerprint density at radius 1 is 1.05 bits per heavy atom. The highest BCUT2D eigenvalue weighted by Gasteiger charge is 2.26. The molecule has 0 aliphatic rings. The van der Waals surface area contributed by atoms with Crippen LogP contribution in [-0.4, -0.2) is 39.1 Å². The van der Waals surface area contributed by atoms with Crippen molar-refractivity contribution in [2.24, 2.45) is 0 Å². The van der Waals surface area contributed by atoms with Crippen molar-refractivity contribution < 1.29 is 22.4 Å². The van der Waals surface area contributed by atoms with E-state index in [0.29, 0.717) is 38.3 Å². The average molecular weight is 574 g/mol. The minimum absolute atomic E-state index is 0.110. The zero-order valence-corrected chi connectivity index (χ0v) is 22.1. The smallest absolute Gasteiger partial charge is 0.279 e. The number of hydrogen-bond acceptors (Lipinski definition) is 4. The first-order chi connectivity index (χ1) is 18.6. The van der Waals surface area contributed by atoms with Crippen LogP contribution in [0.25, 0.3) is 33.3 Å². The molecule has 2 heterocycles. The van der Waals surface area contributed by atoms with Gasteiger partial charge in [0, 0.05) is 39.2 Å². The lowest BCUT2D eigenvalue weighted by atomic mass is 9.98. The van der Waals surface area contributed by atoms with Gasteiger partial charge in [0.15, 0.2) is 17.5 Å². The largest absolute Gasteiger partial charge is 0.350 e. The first kappa shape index (κ1) is 26.8. The summed E-state index contributed by atoms with van der Waals surface area (Å²) in [4.78, 5) is 16.5. The molecule has 0 radical (unpaired) electrons. The van der Waals surface area contributed by atoms with Gasteiger partial charge in [0.1, 0.15) is 11.5 Å². The van der Waals surface area contributed by atoms with E-state index in [1.807, 2.05) is 0 Å². The number of H-pyrrole nitrogens is 1. The lowest BCUT2D eigenvalue weighted by Crippen LogP contribution is -2.22. The van der Waals surface area contributed by atoms with E-state index in [1.165, 1.54) is 23.0 Å². The van der Waals surface area contributed by atoms with Crippen LogP contribution in [0.1, 0.15) is 16.1 Å². The first-order valence-corrected chi connectivity index (χ1v) is 12.7. The Morgan fingerprint density at radius 3 is 2.41 bits per heavy atom. The van der Waals surface area contributed by atoms with Crippen LogP contribution in [0.4, 0.5) is 17.6 Å². The number of rotatable bonds is 7. The molecule has 39 heavy (non-hydrogen) atoms. The molecule has 12 heteroatoms. The van der Waals surface area contributed by atoms with Crippen molar-refractivity contribution >= 4 is 40.5 Å². The van der Waals surface area contributed by atoms with Crippen LogP contribution in [0.15, 0.2) is 60.8 Å². The van der Waals surface area contributed by atoms with Crippen molar-refractivity contribution in [3.63, 3.8) is 0 Å². The molecule has 6 nitrogen and oxygen atoms in total. The molecular formula is C27H20ClF4N5OS. The number of benzene rings is 3. The summed E-state index contributed by atoms with van der Waals surface area (Å²) in [5, 5.41) is 5.51. The Kier molecular flexibility index (Phi) is 7.39. The molecule has 2 N–H and O–H groups in total. The van der Waals surface area contributed by atoms with Crippen molar-refractivity contribution in [3.8, 4) is 22.4 Å². The van der Waals surface area contributed by atoms with E-state index in [2.05, 4.69) is 14.8 Å². The third-order valence-electron chi connectivity index (χ3n) is 5.92. The molecule has 0 saturated carbocycles. The molecule has 1 amide bonds. The summed E-state index contributed by atoms with van der Waals surface area (Å²) < 4.78 is 61.3. The quantitative estimate of drug-likeness (QED) is 0.127. The number of aromatic nitrogens is 3. The maximum Gasteiger partial charge on any atom is 0.279 e. The fraction of sp³-hybridized carbons (Fsp3) is 0.111. The van der Waals surface area contributed by atoms with Gasteiger partial charge in [0.05, 0.1) is 18.4 Å².